The lowest BCUT2D eigenvalue weighted by Gasteiger charge is -2.14. The van der Waals surface area contributed by atoms with Gasteiger partial charge in [0.25, 0.3) is 0 Å². The molecule has 0 amide bonds. The molecule has 0 saturated carbocycles. The minimum atomic E-state index is 0.705. The second kappa shape index (κ2) is 8.97. The summed E-state index contributed by atoms with van der Waals surface area (Å²) in [6.07, 6.45) is 0.705. The van der Waals surface area contributed by atoms with Crippen LogP contribution >= 0.6 is 11.8 Å². The van der Waals surface area contributed by atoms with Gasteiger partial charge in [0, 0.05) is 12.2 Å². The molecule has 0 aliphatic heterocycles. The summed E-state index contributed by atoms with van der Waals surface area (Å²) in [6, 6.07) is 27.0. The molecule has 0 atom stereocenters. The second-order valence-electron chi connectivity index (χ2n) is 6.84. The Hall–Kier alpha value is -3.05. The van der Waals surface area contributed by atoms with E-state index in [2.05, 4.69) is 58.1 Å². The zero-order valence-electron chi connectivity index (χ0n) is 16.6. The van der Waals surface area contributed by atoms with Crippen LogP contribution in [0.15, 0.2) is 84.0 Å². The lowest BCUT2D eigenvalue weighted by molar-refractivity contribution is 0.411. The molecule has 4 rings (SSSR count). The third kappa shape index (κ3) is 4.51. The van der Waals surface area contributed by atoms with Crippen molar-refractivity contribution in [3.8, 4) is 11.4 Å². The highest BCUT2D eigenvalue weighted by Crippen LogP contribution is 2.30. The topological polar surface area (TPSA) is 39.9 Å². The first-order valence-electron chi connectivity index (χ1n) is 9.54. The summed E-state index contributed by atoms with van der Waals surface area (Å²) in [7, 11) is 1.69. The molecular weight excluding hydrogens is 378 g/mol. The Bertz CT molecular complexity index is 1070. The van der Waals surface area contributed by atoms with E-state index in [1.807, 2.05) is 42.5 Å². The van der Waals surface area contributed by atoms with E-state index in [4.69, 9.17) is 4.74 Å². The van der Waals surface area contributed by atoms with Gasteiger partial charge in [0.2, 0.25) is 0 Å². The number of aromatic nitrogens is 3. The SMILES string of the molecule is COc1ccccc1-n1c(Cc2ccccc2)nnc1SCc1ccc(C)cc1. The van der Waals surface area contributed by atoms with E-state index >= 15 is 0 Å². The molecule has 0 aliphatic rings. The van der Waals surface area contributed by atoms with Crippen LogP contribution in [0.4, 0.5) is 0 Å². The number of ether oxygens (including phenoxy) is 1. The van der Waals surface area contributed by atoms with E-state index in [1.54, 1.807) is 18.9 Å². The highest BCUT2D eigenvalue weighted by atomic mass is 32.2. The molecule has 0 radical (unpaired) electrons. The zero-order valence-corrected chi connectivity index (χ0v) is 17.4. The van der Waals surface area contributed by atoms with Crippen LogP contribution in [0.2, 0.25) is 0 Å². The molecule has 5 heteroatoms. The van der Waals surface area contributed by atoms with Crippen molar-refractivity contribution >= 4 is 11.8 Å². The van der Waals surface area contributed by atoms with Crippen molar-refractivity contribution in [1.82, 2.24) is 14.8 Å². The number of aryl methyl sites for hydroxylation is 1. The summed E-state index contributed by atoms with van der Waals surface area (Å²) in [5.74, 6) is 2.53. The number of thioether (sulfide) groups is 1. The Labute approximate surface area is 175 Å². The number of nitrogens with zero attached hydrogens (tertiary/aromatic N) is 3. The van der Waals surface area contributed by atoms with Gasteiger partial charge in [-0.1, -0.05) is 84.1 Å². The number of hydrogen-bond donors (Lipinski definition) is 0. The first-order valence-corrected chi connectivity index (χ1v) is 10.5. The van der Waals surface area contributed by atoms with Crippen LogP contribution in [-0.2, 0) is 12.2 Å². The van der Waals surface area contributed by atoms with Crippen LogP contribution in [0.25, 0.3) is 5.69 Å². The predicted molar refractivity (Wildman–Crippen MR) is 118 cm³/mol. The van der Waals surface area contributed by atoms with Gasteiger partial charge < -0.3 is 4.74 Å². The first-order chi connectivity index (χ1) is 14.2. The zero-order chi connectivity index (χ0) is 20.1. The molecule has 146 valence electrons. The Morgan fingerprint density at radius 2 is 1.55 bits per heavy atom. The van der Waals surface area contributed by atoms with E-state index in [0.29, 0.717) is 6.42 Å². The summed E-state index contributed by atoms with van der Waals surface area (Å²) in [5.41, 5.74) is 4.68. The summed E-state index contributed by atoms with van der Waals surface area (Å²) in [6.45, 7) is 2.10. The maximum atomic E-state index is 5.62. The van der Waals surface area contributed by atoms with Gasteiger partial charge in [-0.2, -0.15) is 0 Å². The Kier molecular flexibility index (Phi) is 5.96. The number of benzene rings is 3. The molecule has 1 heterocycles. The minimum Gasteiger partial charge on any atom is -0.495 e. The van der Waals surface area contributed by atoms with Gasteiger partial charge in [0.05, 0.1) is 12.8 Å². The van der Waals surface area contributed by atoms with Crippen LogP contribution in [0.3, 0.4) is 0 Å². The van der Waals surface area contributed by atoms with Gasteiger partial charge >= 0.3 is 0 Å². The molecule has 0 unspecified atom stereocenters. The summed E-state index contributed by atoms with van der Waals surface area (Å²) in [4.78, 5) is 0. The Morgan fingerprint density at radius 1 is 0.828 bits per heavy atom. The third-order valence-corrected chi connectivity index (χ3v) is 5.72. The van der Waals surface area contributed by atoms with Crippen molar-refractivity contribution in [2.45, 2.75) is 24.3 Å². The molecule has 0 N–H and O–H groups in total. The molecule has 0 aliphatic carbocycles. The normalized spacial score (nSPS) is 10.8. The number of methoxy groups -OCH3 is 1. The van der Waals surface area contributed by atoms with Crippen LogP contribution in [0.5, 0.6) is 5.75 Å². The van der Waals surface area contributed by atoms with Crippen molar-refractivity contribution in [2.24, 2.45) is 0 Å². The fourth-order valence-corrected chi connectivity index (χ4v) is 4.09. The molecule has 0 bridgehead atoms. The van der Waals surface area contributed by atoms with E-state index < -0.39 is 0 Å². The maximum absolute atomic E-state index is 5.62. The second-order valence-corrected chi connectivity index (χ2v) is 7.79. The van der Waals surface area contributed by atoms with Gasteiger partial charge in [-0.25, -0.2) is 0 Å². The van der Waals surface area contributed by atoms with Gasteiger partial charge in [-0.15, -0.1) is 10.2 Å². The predicted octanol–water partition coefficient (Wildman–Crippen LogP) is 5.47. The number of rotatable bonds is 7. The van der Waals surface area contributed by atoms with Gasteiger partial charge in [0.15, 0.2) is 5.16 Å². The number of para-hydroxylation sites is 2. The standard InChI is InChI=1S/C24H23N3OS/c1-18-12-14-20(15-13-18)17-29-24-26-25-23(16-19-8-4-3-5-9-19)27(24)21-10-6-7-11-22(21)28-2/h3-15H,16-17H2,1-2H3. The molecular formula is C24H23N3OS. The van der Waals surface area contributed by atoms with Gasteiger partial charge in [-0.3, -0.25) is 4.57 Å². The fraction of sp³-hybridized carbons (Fsp3) is 0.167. The van der Waals surface area contributed by atoms with E-state index in [-0.39, 0.29) is 0 Å². The molecule has 1 aromatic heterocycles. The quantitative estimate of drug-likeness (QED) is 0.385. The Balaban J connectivity index is 1.69. The minimum absolute atomic E-state index is 0.705. The molecule has 4 aromatic rings. The highest BCUT2D eigenvalue weighted by Gasteiger charge is 2.18. The molecule has 3 aromatic carbocycles. The van der Waals surface area contributed by atoms with Crippen molar-refractivity contribution in [3.05, 3.63) is 101 Å². The van der Waals surface area contributed by atoms with Crippen molar-refractivity contribution < 1.29 is 4.74 Å². The van der Waals surface area contributed by atoms with Crippen LogP contribution in [0, 0.1) is 6.92 Å². The van der Waals surface area contributed by atoms with Gasteiger partial charge in [0.1, 0.15) is 11.6 Å². The average Bonchev–Trinajstić information content (AvgIpc) is 3.16. The molecule has 29 heavy (non-hydrogen) atoms. The third-order valence-electron chi connectivity index (χ3n) is 4.72. The summed E-state index contributed by atoms with van der Waals surface area (Å²) >= 11 is 1.69. The van der Waals surface area contributed by atoms with Crippen LogP contribution in [-0.4, -0.2) is 21.9 Å². The number of hydrogen-bond acceptors (Lipinski definition) is 4. The maximum Gasteiger partial charge on any atom is 0.196 e. The van der Waals surface area contributed by atoms with E-state index in [0.717, 1.165) is 28.2 Å². The summed E-state index contributed by atoms with van der Waals surface area (Å²) < 4.78 is 7.74. The van der Waals surface area contributed by atoms with Crippen molar-refractivity contribution in [2.75, 3.05) is 7.11 Å². The largest absolute Gasteiger partial charge is 0.495 e. The lowest BCUT2D eigenvalue weighted by Crippen LogP contribution is -2.05. The fourth-order valence-electron chi connectivity index (χ4n) is 3.18. The van der Waals surface area contributed by atoms with Gasteiger partial charge in [-0.05, 0) is 30.2 Å². The van der Waals surface area contributed by atoms with Crippen LogP contribution < -0.4 is 4.74 Å². The first kappa shape index (κ1) is 19.3. The van der Waals surface area contributed by atoms with Crippen molar-refractivity contribution in [1.29, 1.82) is 0 Å². The van der Waals surface area contributed by atoms with E-state index in [9.17, 15) is 0 Å². The molecule has 4 nitrogen and oxygen atoms in total. The van der Waals surface area contributed by atoms with Crippen LogP contribution in [0.1, 0.15) is 22.5 Å². The lowest BCUT2D eigenvalue weighted by atomic mass is 10.1. The molecule has 0 saturated heterocycles. The average molecular weight is 402 g/mol. The Morgan fingerprint density at radius 3 is 2.31 bits per heavy atom. The molecule has 0 spiro atoms. The van der Waals surface area contributed by atoms with Crippen molar-refractivity contribution in [3.63, 3.8) is 0 Å². The smallest absolute Gasteiger partial charge is 0.196 e. The highest BCUT2D eigenvalue weighted by molar-refractivity contribution is 7.98. The molecule has 0 fully saturated rings. The monoisotopic (exact) mass is 401 g/mol. The summed E-state index contributed by atoms with van der Waals surface area (Å²) in [5, 5.41) is 9.91. The van der Waals surface area contributed by atoms with E-state index in [1.165, 1.54) is 16.7 Å².